The smallest absolute Gasteiger partial charge is 0.254 e. The van der Waals surface area contributed by atoms with Gasteiger partial charge in [0.05, 0.1) is 5.56 Å². The van der Waals surface area contributed by atoms with Crippen LogP contribution in [-0.2, 0) is 6.42 Å². The van der Waals surface area contributed by atoms with Crippen LogP contribution in [0.25, 0.3) is 0 Å². The number of anilines is 1. The number of nitrogens with zero attached hydrogens (tertiary/aromatic N) is 2. The number of nitrogens with one attached hydrogen (secondary N) is 2. The molecule has 2 N–H and O–H groups in total. The number of amides is 1. The van der Waals surface area contributed by atoms with Gasteiger partial charge in [-0.15, -0.1) is 0 Å². The number of carbonyl (C=O) groups excluding carboxylic acids is 1. The van der Waals surface area contributed by atoms with Crippen LogP contribution < -0.4 is 10.6 Å². The minimum atomic E-state index is -0.166. The lowest BCUT2D eigenvalue weighted by atomic mass is 10.1. The summed E-state index contributed by atoms with van der Waals surface area (Å²) in [6.45, 7) is 4.51. The number of carbonyl (C=O) groups is 1. The van der Waals surface area contributed by atoms with Gasteiger partial charge in [-0.05, 0) is 38.0 Å². The van der Waals surface area contributed by atoms with Gasteiger partial charge in [-0.2, -0.15) is 0 Å². The fourth-order valence-corrected chi connectivity index (χ4v) is 2.11. The summed E-state index contributed by atoms with van der Waals surface area (Å²) in [7, 11) is 0. The molecule has 0 aliphatic rings. The Hall–Kier alpha value is -2.14. The fraction of sp³-hybridized carbons (Fsp3) is 0.312. The van der Waals surface area contributed by atoms with Crippen molar-refractivity contribution in [1.29, 1.82) is 0 Å². The highest BCUT2D eigenvalue weighted by atomic mass is 35.5. The first-order valence-corrected chi connectivity index (χ1v) is 7.53. The molecule has 0 fully saturated rings. The second-order valence-electron chi connectivity index (χ2n) is 5.23. The van der Waals surface area contributed by atoms with Crippen molar-refractivity contribution in [3.63, 3.8) is 0 Å². The van der Waals surface area contributed by atoms with Gasteiger partial charge in [0, 0.05) is 30.0 Å². The lowest BCUT2D eigenvalue weighted by Crippen LogP contribution is -2.30. The lowest BCUT2D eigenvalue weighted by molar-refractivity contribution is 0.0942. The number of halogens is 1. The summed E-state index contributed by atoms with van der Waals surface area (Å²) in [5.74, 6) is 0.337. The molecule has 2 aromatic rings. The monoisotopic (exact) mass is 318 g/mol. The Morgan fingerprint density at radius 3 is 2.64 bits per heavy atom. The van der Waals surface area contributed by atoms with E-state index in [9.17, 15) is 4.79 Å². The minimum Gasteiger partial charge on any atom is -0.354 e. The maximum atomic E-state index is 11.8. The maximum Gasteiger partial charge on any atom is 0.254 e. The Bertz CT molecular complexity index is 628. The molecule has 1 aromatic heterocycles. The van der Waals surface area contributed by atoms with Gasteiger partial charge in [0.15, 0.2) is 0 Å². The lowest BCUT2D eigenvalue weighted by Gasteiger charge is -2.08. The van der Waals surface area contributed by atoms with Crippen molar-refractivity contribution in [2.75, 3.05) is 11.9 Å². The molecule has 0 unspecified atom stereocenters. The summed E-state index contributed by atoms with van der Waals surface area (Å²) in [5.41, 5.74) is 1.60. The molecule has 0 aliphatic carbocycles. The third-order valence-corrected chi connectivity index (χ3v) is 3.15. The zero-order valence-electron chi connectivity index (χ0n) is 12.6. The summed E-state index contributed by atoms with van der Waals surface area (Å²) < 4.78 is 0. The Morgan fingerprint density at radius 1 is 1.27 bits per heavy atom. The van der Waals surface area contributed by atoms with E-state index < -0.39 is 0 Å². The van der Waals surface area contributed by atoms with Crippen LogP contribution in [0.15, 0.2) is 36.7 Å². The zero-order valence-corrected chi connectivity index (χ0v) is 13.4. The fourth-order valence-electron chi connectivity index (χ4n) is 1.89. The normalized spacial score (nSPS) is 10.5. The van der Waals surface area contributed by atoms with Crippen LogP contribution >= 0.6 is 11.6 Å². The second-order valence-corrected chi connectivity index (χ2v) is 5.67. The summed E-state index contributed by atoms with van der Waals surface area (Å²) in [5, 5.41) is 6.65. The van der Waals surface area contributed by atoms with Crippen molar-refractivity contribution in [2.24, 2.45) is 0 Å². The molecule has 0 saturated carbocycles. The molecule has 0 bridgehead atoms. The van der Waals surface area contributed by atoms with Crippen LogP contribution in [0.3, 0.4) is 0 Å². The predicted octanol–water partition coefficient (Wildman–Crippen LogP) is 2.92. The number of hydrogen-bond donors (Lipinski definition) is 2. The highest BCUT2D eigenvalue weighted by Crippen LogP contribution is 2.11. The van der Waals surface area contributed by atoms with Crippen LogP contribution in [0.5, 0.6) is 0 Å². The summed E-state index contributed by atoms with van der Waals surface area (Å²) >= 11 is 5.94. The molecule has 6 heteroatoms. The number of benzene rings is 1. The first-order valence-electron chi connectivity index (χ1n) is 7.16. The van der Waals surface area contributed by atoms with E-state index in [1.807, 2.05) is 38.1 Å². The number of aromatic nitrogens is 2. The molecule has 0 aliphatic heterocycles. The number of rotatable bonds is 6. The number of hydrogen-bond acceptors (Lipinski definition) is 4. The molecule has 0 saturated heterocycles. The highest BCUT2D eigenvalue weighted by molar-refractivity contribution is 6.30. The Kier molecular flexibility index (Phi) is 5.72. The molecule has 1 heterocycles. The summed E-state index contributed by atoms with van der Waals surface area (Å²) in [6, 6.07) is 7.82. The molecule has 116 valence electrons. The predicted molar refractivity (Wildman–Crippen MR) is 88.3 cm³/mol. The highest BCUT2D eigenvalue weighted by Gasteiger charge is 2.08. The van der Waals surface area contributed by atoms with Crippen LogP contribution in [0.1, 0.15) is 29.8 Å². The average Bonchev–Trinajstić information content (AvgIpc) is 2.47. The van der Waals surface area contributed by atoms with E-state index in [1.165, 1.54) is 12.4 Å². The molecule has 22 heavy (non-hydrogen) atoms. The van der Waals surface area contributed by atoms with Crippen molar-refractivity contribution in [1.82, 2.24) is 15.3 Å². The minimum absolute atomic E-state index is 0.0861. The van der Waals surface area contributed by atoms with Crippen molar-refractivity contribution >= 4 is 23.5 Å². The summed E-state index contributed by atoms with van der Waals surface area (Å²) in [4.78, 5) is 20.1. The molecule has 1 aromatic carbocycles. The maximum absolute atomic E-state index is 11.8. The first-order chi connectivity index (χ1) is 10.5. The molecule has 5 nitrogen and oxygen atoms in total. The van der Waals surface area contributed by atoms with Crippen molar-refractivity contribution in [2.45, 2.75) is 26.3 Å². The zero-order chi connectivity index (χ0) is 15.9. The Balaban J connectivity index is 1.85. The SMILES string of the molecule is CC(C)NC(=O)c1cnc(NCCc2cccc(Cl)c2)nc1. The van der Waals surface area contributed by atoms with E-state index in [4.69, 9.17) is 11.6 Å². The van der Waals surface area contributed by atoms with Gasteiger partial charge in [-0.3, -0.25) is 4.79 Å². The van der Waals surface area contributed by atoms with Crippen LogP contribution in [0.4, 0.5) is 5.95 Å². The van der Waals surface area contributed by atoms with Gasteiger partial charge in [0.2, 0.25) is 5.95 Å². The standard InChI is InChI=1S/C16H19ClN4O/c1-11(2)21-15(22)13-9-19-16(20-10-13)18-7-6-12-4-3-5-14(17)8-12/h3-5,8-11H,6-7H2,1-2H3,(H,21,22)(H,18,19,20). The van der Waals surface area contributed by atoms with Crippen LogP contribution in [-0.4, -0.2) is 28.5 Å². The first kappa shape index (κ1) is 16.2. The van der Waals surface area contributed by atoms with Gasteiger partial charge < -0.3 is 10.6 Å². The Morgan fingerprint density at radius 2 is 2.00 bits per heavy atom. The van der Waals surface area contributed by atoms with Gasteiger partial charge in [-0.1, -0.05) is 23.7 Å². The van der Waals surface area contributed by atoms with Crippen molar-refractivity contribution < 1.29 is 4.79 Å². The molecule has 0 radical (unpaired) electrons. The van der Waals surface area contributed by atoms with E-state index in [0.29, 0.717) is 18.1 Å². The van der Waals surface area contributed by atoms with E-state index >= 15 is 0 Å². The molecule has 2 rings (SSSR count). The van der Waals surface area contributed by atoms with Gasteiger partial charge in [0.1, 0.15) is 0 Å². The molecular formula is C16H19ClN4O. The average molecular weight is 319 g/mol. The quantitative estimate of drug-likeness (QED) is 0.859. The van der Waals surface area contributed by atoms with E-state index in [2.05, 4.69) is 20.6 Å². The Labute approximate surface area is 135 Å². The molecule has 0 spiro atoms. The summed E-state index contributed by atoms with van der Waals surface area (Å²) in [6.07, 6.45) is 3.86. The van der Waals surface area contributed by atoms with Crippen LogP contribution in [0, 0.1) is 0 Å². The largest absolute Gasteiger partial charge is 0.354 e. The van der Waals surface area contributed by atoms with E-state index in [1.54, 1.807) is 0 Å². The molecule has 0 atom stereocenters. The second kappa shape index (κ2) is 7.75. The molecule has 1 amide bonds. The van der Waals surface area contributed by atoms with Gasteiger partial charge >= 0.3 is 0 Å². The van der Waals surface area contributed by atoms with Gasteiger partial charge in [0.25, 0.3) is 5.91 Å². The van der Waals surface area contributed by atoms with Gasteiger partial charge in [-0.25, -0.2) is 9.97 Å². The molecular weight excluding hydrogens is 300 g/mol. The van der Waals surface area contributed by atoms with Crippen molar-refractivity contribution in [3.05, 3.63) is 52.8 Å². The topological polar surface area (TPSA) is 66.9 Å². The van der Waals surface area contributed by atoms with Crippen molar-refractivity contribution in [3.8, 4) is 0 Å². The van der Waals surface area contributed by atoms with E-state index in [0.717, 1.165) is 17.0 Å². The van der Waals surface area contributed by atoms with E-state index in [-0.39, 0.29) is 11.9 Å². The third kappa shape index (κ3) is 5.00. The third-order valence-electron chi connectivity index (χ3n) is 2.92. The van der Waals surface area contributed by atoms with Crippen LogP contribution in [0.2, 0.25) is 5.02 Å².